The molecule has 1 saturated heterocycles. The third kappa shape index (κ3) is 6.77. The van der Waals surface area contributed by atoms with Crippen LogP contribution >= 0.6 is 0 Å². The minimum atomic E-state index is -1.26. The molecule has 1 unspecified atom stereocenters. The molecule has 0 saturated carbocycles. The van der Waals surface area contributed by atoms with Crippen LogP contribution in [0.25, 0.3) is 0 Å². The normalized spacial score (nSPS) is 17.3. The number of rotatable bonds is 5. The average Bonchev–Trinajstić information content (AvgIpc) is 2.96. The molecule has 9 nitrogen and oxygen atoms in total. The van der Waals surface area contributed by atoms with Gasteiger partial charge in [0, 0.05) is 31.2 Å². The number of carboxylic acids is 2. The molecule has 2 aromatic carbocycles. The summed E-state index contributed by atoms with van der Waals surface area (Å²) in [6.07, 6.45) is 5.21. The number of piperidine rings is 1. The summed E-state index contributed by atoms with van der Waals surface area (Å²) >= 11 is 0. The van der Waals surface area contributed by atoms with Gasteiger partial charge in [0.1, 0.15) is 0 Å². The smallest absolute Gasteiger partial charge is 0.328 e. The molecule has 1 atom stereocenters. The van der Waals surface area contributed by atoms with Gasteiger partial charge in [-0.25, -0.2) is 9.59 Å². The first-order chi connectivity index (χ1) is 16.8. The Labute approximate surface area is 203 Å². The number of amides is 2. The van der Waals surface area contributed by atoms with Crippen molar-refractivity contribution in [2.24, 2.45) is 0 Å². The molecule has 184 valence electrons. The van der Waals surface area contributed by atoms with Gasteiger partial charge in [-0.15, -0.1) is 0 Å². The molecule has 2 aromatic rings. The second-order valence-electron chi connectivity index (χ2n) is 8.36. The number of hydrogen-bond acceptors (Lipinski definition) is 5. The van der Waals surface area contributed by atoms with Crippen LogP contribution in [0, 0.1) is 0 Å². The zero-order chi connectivity index (χ0) is 25.4. The molecular formula is C26H29N3O6. The summed E-state index contributed by atoms with van der Waals surface area (Å²) in [4.78, 5) is 49.1. The topological polar surface area (TPSA) is 127 Å². The van der Waals surface area contributed by atoms with Gasteiger partial charge in [-0.2, -0.15) is 0 Å². The number of nitrogens with one attached hydrogen (secondary N) is 1. The Morgan fingerprint density at radius 2 is 1.60 bits per heavy atom. The minimum Gasteiger partial charge on any atom is -0.478 e. The van der Waals surface area contributed by atoms with E-state index in [1.165, 1.54) is 19.3 Å². The van der Waals surface area contributed by atoms with Gasteiger partial charge in [-0.1, -0.05) is 30.7 Å². The van der Waals surface area contributed by atoms with E-state index in [-0.39, 0.29) is 11.8 Å². The van der Waals surface area contributed by atoms with E-state index in [1.807, 2.05) is 42.5 Å². The molecule has 3 N–H and O–H groups in total. The van der Waals surface area contributed by atoms with Crippen LogP contribution in [0.1, 0.15) is 43.0 Å². The predicted molar refractivity (Wildman–Crippen MR) is 132 cm³/mol. The fourth-order valence-electron chi connectivity index (χ4n) is 4.21. The maximum absolute atomic E-state index is 13.3. The largest absolute Gasteiger partial charge is 0.478 e. The quantitative estimate of drug-likeness (QED) is 0.555. The fraction of sp³-hybridized carbons (Fsp3) is 0.308. The Kier molecular flexibility index (Phi) is 8.74. The average molecular weight is 480 g/mol. The zero-order valence-corrected chi connectivity index (χ0v) is 19.5. The van der Waals surface area contributed by atoms with Crippen LogP contribution in [0.2, 0.25) is 0 Å². The van der Waals surface area contributed by atoms with Crippen molar-refractivity contribution in [1.29, 1.82) is 0 Å². The summed E-state index contributed by atoms with van der Waals surface area (Å²) in [5, 5.41) is 18.6. The molecule has 0 radical (unpaired) electrons. The lowest BCUT2D eigenvalue weighted by Gasteiger charge is -2.33. The Bertz CT molecular complexity index is 1110. The van der Waals surface area contributed by atoms with Crippen LogP contribution in [0.4, 0.5) is 17.1 Å². The monoisotopic (exact) mass is 479 g/mol. The number of fused-ring (bicyclic) bond motifs is 2. The lowest BCUT2D eigenvalue weighted by molar-refractivity contribution is -0.134. The summed E-state index contributed by atoms with van der Waals surface area (Å²) < 4.78 is 0. The molecule has 2 amide bonds. The standard InChI is InChI=1S/C22H25N3O2.C4H4O4/c1-16-8-6-7-14-24(16)15-13-21(26)25-19-11-4-2-9-17(19)22(27)23-18-10-3-5-12-20(18)25;5-3(6)1-2-4(7)8/h2-5,9-12,16H,6-8,13-15H2,1H3,(H,23,27);1-2H,(H,5,6)(H,7,8)/b;2-1+. The highest BCUT2D eigenvalue weighted by molar-refractivity contribution is 6.17. The highest BCUT2D eigenvalue weighted by Gasteiger charge is 2.29. The van der Waals surface area contributed by atoms with E-state index in [9.17, 15) is 19.2 Å². The summed E-state index contributed by atoms with van der Waals surface area (Å²) in [5.41, 5.74) is 2.57. The van der Waals surface area contributed by atoms with Gasteiger partial charge in [0.15, 0.2) is 0 Å². The maximum Gasteiger partial charge on any atom is 0.328 e. The summed E-state index contributed by atoms with van der Waals surface area (Å²) in [6, 6.07) is 15.3. The van der Waals surface area contributed by atoms with Crippen LogP contribution < -0.4 is 10.2 Å². The van der Waals surface area contributed by atoms with Crippen LogP contribution in [-0.2, 0) is 14.4 Å². The van der Waals surface area contributed by atoms with E-state index >= 15 is 0 Å². The Morgan fingerprint density at radius 1 is 0.971 bits per heavy atom. The van der Waals surface area contributed by atoms with Gasteiger partial charge in [0.25, 0.3) is 5.91 Å². The van der Waals surface area contributed by atoms with E-state index in [2.05, 4.69) is 17.1 Å². The minimum absolute atomic E-state index is 0.0178. The molecule has 2 heterocycles. The van der Waals surface area contributed by atoms with Crippen molar-refractivity contribution in [1.82, 2.24) is 4.90 Å². The van der Waals surface area contributed by atoms with Gasteiger partial charge in [0.05, 0.1) is 22.6 Å². The molecule has 35 heavy (non-hydrogen) atoms. The van der Waals surface area contributed by atoms with Gasteiger partial charge in [0.2, 0.25) is 5.91 Å². The SMILES string of the molecule is CC1CCCCN1CCC(=O)N1c2ccccc2NC(=O)c2ccccc21.O=C(O)/C=C/C(=O)O. The third-order valence-corrected chi connectivity index (χ3v) is 5.95. The molecule has 2 aliphatic heterocycles. The van der Waals surface area contributed by atoms with Gasteiger partial charge in [-0.05, 0) is 50.6 Å². The van der Waals surface area contributed by atoms with Gasteiger partial charge < -0.3 is 20.4 Å². The second-order valence-corrected chi connectivity index (χ2v) is 8.36. The molecule has 4 rings (SSSR count). The van der Waals surface area contributed by atoms with Crippen molar-refractivity contribution in [3.05, 3.63) is 66.2 Å². The molecule has 0 spiro atoms. The third-order valence-electron chi connectivity index (χ3n) is 5.95. The Morgan fingerprint density at radius 3 is 2.26 bits per heavy atom. The van der Waals surface area contributed by atoms with Crippen LogP contribution in [0.3, 0.4) is 0 Å². The highest BCUT2D eigenvalue weighted by atomic mass is 16.4. The first-order valence-corrected chi connectivity index (χ1v) is 11.5. The highest BCUT2D eigenvalue weighted by Crippen LogP contribution is 2.38. The molecule has 1 fully saturated rings. The lowest BCUT2D eigenvalue weighted by Crippen LogP contribution is -2.40. The Hall–Kier alpha value is -3.98. The molecular weight excluding hydrogens is 450 g/mol. The van der Waals surface area contributed by atoms with Crippen LogP contribution in [0.15, 0.2) is 60.7 Å². The van der Waals surface area contributed by atoms with Crippen LogP contribution in [0.5, 0.6) is 0 Å². The second kappa shape index (κ2) is 11.9. The lowest BCUT2D eigenvalue weighted by atomic mass is 10.0. The fourth-order valence-corrected chi connectivity index (χ4v) is 4.21. The molecule has 0 aliphatic carbocycles. The number of para-hydroxylation sites is 3. The Balaban J connectivity index is 0.000000371. The van der Waals surface area contributed by atoms with Crippen molar-refractivity contribution >= 4 is 40.8 Å². The van der Waals surface area contributed by atoms with Gasteiger partial charge in [-0.3, -0.25) is 14.5 Å². The van der Waals surface area contributed by atoms with Crippen molar-refractivity contribution < 1.29 is 29.4 Å². The van der Waals surface area contributed by atoms with Crippen molar-refractivity contribution in [2.75, 3.05) is 23.3 Å². The number of carbonyl (C=O) groups is 4. The molecule has 0 bridgehead atoms. The van der Waals surface area contributed by atoms with E-state index < -0.39 is 11.9 Å². The van der Waals surface area contributed by atoms with E-state index in [0.29, 0.717) is 41.6 Å². The number of likely N-dealkylation sites (tertiary alicyclic amines) is 1. The van der Waals surface area contributed by atoms with Crippen molar-refractivity contribution in [3.63, 3.8) is 0 Å². The van der Waals surface area contributed by atoms with Crippen LogP contribution in [-0.4, -0.2) is 58.0 Å². The van der Waals surface area contributed by atoms with Crippen molar-refractivity contribution in [2.45, 2.75) is 38.6 Å². The summed E-state index contributed by atoms with van der Waals surface area (Å²) in [7, 11) is 0. The molecule has 9 heteroatoms. The van der Waals surface area contributed by atoms with E-state index in [0.717, 1.165) is 18.8 Å². The first kappa shape index (κ1) is 25.6. The number of carbonyl (C=O) groups excluding carboxylic acids is 2. The summed E-state index contributed by atoms with van der Waals surface area (Å²) in [6.45, 7) is 4.05. The van der Waals surface area contributed by atoms with E-state index in [1.54, 1.807) is 11.0 Å². The number of benzene rings is 2. The summed E-state index contributed by atoms with van der Waals surface area (Å²) in [5.74, 6) is -2.68. The number of aliphatic carboxylic acids is 2. The predicted octanol–water partition coefficient (Wildman–Crippen LogP) is 3.89. The number of anilines is 3. The molecule has 0 aromatic heterocycles. The first-order valence-electron chi connectivity index (χ1n) is 11.5. The zero-order valence-electron chi connectivity index (χ0n) is 19.5. The number of carboxylic acid groups (broad SMARTS) is 2. The van der Waals surface area contributed by atoms with Gasteiger partial charge >= 0.3 is 11.9 Å². The van der Waals surface area contributed by atoms with E-state index in [4.69, 9.17) is 10.2 Å². The maximum atomic E-state index is 13.3. The number of hydrogen-bond donors (Lipinski definition) is 3. The number of nitrogens with zero attached hydrogens (tertiary/aromatic N) is 2. The van der Waals surface area contributed by atoms with Crippen molar-refractivity contribution in [3.8, 4) is 0 Å². The molecule has 2 aliphatic rings.